The number of aromatic carboxylic acids is 1. The lowest BCUT2D eigenvalue weighted by Crippen LogP contribution is -2.48. The first kappa shape index (κ1) is 36.4. The van der Waals surface area contributed by atoms with E-state index in [-0.39, 0.29) is 17.3 Å². The number of carboxylic acid groups (broad SMARTS) is 1. The third kappa shape index (κ3) is 5.74. The number of benzene rings is 3. The highest BCUT2D eigenvalue weighted by Gasteiger charge is 2.44. The molecule has 0 saturated carbocycles. The number of carboxylic acids is 1. The summed E-state index contributed by atoms with van der Waals surface area (Å²) in [4.78, 5) is 31.8. The molecular formula is C41H44Cl2N6O4. The van der Waals surface area contributed by atoms with Crippen molar-refractivity contribution in [1.29, 1.82) is 0 Å². The maximum absolute atomic E-state index is 15.3. The van der Waals surface area contributed by atoms with Gasteiger partial charge >= 0.3 is 5.97 Å². The van der Waals surface area contributed by atoms with E-state index in [1.54, 1.807) is 11.6 Å². The van der Waals surface area contributed by atoms with Gasteiger partial charge in [0, 0.05) is 66.5 Å². The molecule has 0 bridgehead atoms. The number of ether oxygens (including phenoxy) is 1. The van der Waals surface area contributed by atoms with Crippen LogP contribution in [0.2, 0.25) is 5.02 Å². The van der Waals surface area contributed by atoms with Crippen LogP contribution in [-0.4, -0.2) is 62.1 Å². The Hall–Kier alpha value is -4.93. The smallest absolute Gasteiger partial charge is 0.354 e. The number of aryl methyl sites for hydroxylation is 6. The molecule has 6 aromatic rings. The van der Waals surface area contributed by atoms with Crippen molar-refractivity contribution in [3.8, 4) is 16.9 Å². The number of amides is 1. The second-order valence-corrected chi connectivity index (χ2v) is 15.2. The van der Waals surface area contributed by atoms with Crippen LogP contribution in [0, 0.1) is 27.7 Å². The minimum Gasteiger partial charge on any atom is -0.494 e. The normalized spacial score (nSPS) is 15.8. The zero-order valence-corrected chi connectivity index (χ0v) is 33.0. The molecule has 7 rings (SSSR count). The van der Waals surface area contributed by atoms with Crippen LogP contribution in [0.15, 0.2) is 48.5 Å². The van der Waals surface area contributed by atoms with Gasteiger partial charge in [-0.25, -0.2) is 4.79 Å². The van der Waals surface area contributed by atoms with Gasteiger partial charge in [0.2, 0.25) is 0 Å². The van der Waals surface area contributed by atoms with Crippen LogP contribution in [0.3, 0.4) is 0 Å². The maximum atomic E-state index is 15.3. The lowest BCUT2D eigenvalue weighted by molar-refractivity contribution is 0.0687. The van der Waals surface area contributed by atoms with Gasteiger partial charge in [-0.1, -0.05) is 41.4 Å². The summed E-state index contributed by atoms with van der Waals surface area (Å²) in [6.07, 6.45) is 1.15. The Morgan fingerprint density at radius 3 is 2.34 bits per heavy atom. The molecule has 1 amide bonds. The maximum Gasteiger partial charge on any atom is 0.354 e. The van der Waals surface area contributed by atoms with Crippen LogP contribution in [-0.2, 0) is 20.5 Å². The van der Waals surface area contributed by atoms with E-state index in [2.05, 4.69) is 16.7 Å². The fourth-order valence-electron chi connectivity index (χ4n) is 8.09. The number of hydrogen-bond acceptors (Lipinski definition) is 5. The van der Waals surface area contributed by atoms with Gasteiger partial charge in [-0.05, 0) is 94.5 Å². The molecule has 10 nitrogen and oxygen atoms in total. The fraction of sp³-hybridized carbons (Fsp3) is 0.341. The molecule has 53 heavy (non-hydrogen) atoms. The predicted molar refractivity (Wildman–Crippen MR) is 214 cm³/mol. The Morgan fingerprint density at radius 1 is 1.02 bits per heavy atom. The molecule has 1 N–H and O–H groups in total. The number of carbonyl (C=O) groups is 2. The zero-order valence-electron chi connectivity index (χ0n) is 31.5. The minimum absolute atomic E-state index is 0.00235. The molecule has 0 aliphatic carbocycles. The van der Waals surface area contributed by atoms with Crippen LogP contribution < -0.4 is 14.5 Å². The standard InChI is InChI=1S/C41H44Cl2N6O4/c1-21-18-27(19-22(2)34(21)42)53-17-11-14-29-28-12-10-13-30(33-23(3)44-47(9)24(33)4)35(28)48-25(5)39(43)49(40(50)37(29)48)36-31-20-26(45(6)7)15-16-32(31)46(8)38(36)41(51)52/h10,12-13,15-16,18-20,25,39H,11,14,17H2,1-9H3,(H,51,52)/t25?,39-/m0/s1. The first-order valence-corrected chi connectivity index (χ1v) is 18.5. The van der Waals surface area contributed by atoms with E-state index < -0.39 is 17.5 Å². The fourth-order valence-corrected chi connectivity index (χ4v) is 8.49. The van der Waals surface area contributed by atoms with Crippen molar-refractivity contribution in [1.82, 2.24) is 18.9 Å². The number of nitrogens with zero attached hydrogens (tertiary/aromatic N) is 6. The van der Waals surface area contributed by atoms with Crippen molar-refractivity contribution in [2.75, 3.05) is 30.5 Å². The van der Waals surface area contributed by atoms with Gasteiger partial charge in [0.15, 0.2) is 5.69 Å². The first-order chi connectivity index (χ1) is 25.1. The van der Waals surface area contributed by atoms with E-state index in [0.717, 1.165) is 66.6 Å². The van der Waals surface area contributed by atoms with Crippen LogP contribution >= 0.6 is 23.2 Å². The van der Waals surface area contributed by atoms with Crippen molar-refractivity contribution < 1.29 is 19.4 Å². The van der Waals surface area contributed by atoms with E-state index in [4.69, 9.17) is 33.0 Å². The molecule has 0 radical (unpaired) electrons. The van der Waals surface area contributed by atoms with E-state index in [0.29, 0.717) is 36.0 Å². The lowest BCUT2D eigenvalue weighted by atomic mass is 9.98. The third-order valence-electron chi connectivity index (χ3n) is 10.7. The summed E-state index contributed by atoms with van der Waals surface area (Å²) in [5.41, 5.74) is 8.95. The van der Waals surface area contributed by atoms with Crippen molar-refractivity contribution in [2.24, 2.45) is 14.1 Å². The quantitative estimate of drug-likeness (QED) is 0.0900. The lowest BCUT2D eigenvalue weighted by Gasteiger charge is -2.38. The van der Waals surface area contributed by atoms with Crippen LogP contribution in [0.5, 0.6) is 5.75 Å². The minimum atomic E-state index is -1.14. The number of anilines is 2. The Bertz CT molecular complexity index is 2450. The molecule has 276 valence electrons. The molecule has 0 saturated heterocycles. The van der Waals surface area contributed by atoms with E-state index in [1.807, 2.05) is 102 Å². The monoisotopic (exact) mass is 754 g/mol. The second kappa shape index (κ2) is 13.5. The van der Waals surface area contributed by atoms with Crippen molar-refractivity contribution in [3.05, 3.63) is 93.0 Å². The Balaban J connectivity index is 1.42. The highest BCUT2D eigenvalue weighted by Crippen LogP contribution is 2.47. The summed E-state index contributed by atoms with van der Waals surface area (Å²) in [6.45, 7) is 10.4. The van der Waals surface area contributed by atoms with Crippen LogP contribution in [0.25, 0.3) is 32.9 Å². The van der Waals surface area contributed by atoms with Gasteiger partial charge in [0.25, 0.3) is 5.91 Å². The molecule has 4 heterocycles. The Kier molecular flexibility index (Phi) is 9.27. The predicted octanol–water partition coefficient (Wildman–Crippen LogP) is 8.98. The van der Waals surface area contributed by atoms with E-state index in [9.17, 15) is 9.90 Å². The second-order valence-electron chi connectivity index (χ2n) is 14.3. The molecule has 3 aromatic heterocycles. The third-order valence-corrected chi connectivity index (χ3v) is 11.9. The molecule has 1 aliphatic rings. The van der Waals surface area contributed by atoms with Gasteiger partial charge in [0.1, 0.15) is 16.9 Å². The van der Waals surface area contributed by atoms with Gasteiger partial charge in [-0.15, -0.1) is 0 Å². The van der Waals surface area contributed by atoms with Crippen molar-refractivity contribution in [3.63, 3.8) is 0 Å². The molecule has 2 atom stereocenters. The van der Waals surface area contributed by atoms with E-state index >= 15 is 4.79 Å². The number of alkyl halides is 1. The SMILES string of the molecule is Cc1cc(OCCCc2c3n(c4c(-c5c(C)nn(C)c5C)cccc24)C(C)[C@@H](Cl)N(c2c(C(=O)O)n(C)c4ccc(N(C)C)cc24)C3=O)cc(C)c1Cl. The zero-order chi connectivity index (χ0) is 38.2. The number of rotatable bonds is 9. The number of hydrogen-bond donors (Lipinski definition) is 1. The summed E-state index contributed by atoms with van der Waals surface area (Å²) < 4.78 is 11.8. The highest BCUT2D eigenvalue weighted by atomic mass is 35.5. The molecular weight excluding hydrogens is 711 g/mol. The molecule has 3 aromatic carbocycles. The summed E-state index contributed by atoms with van der Waals surface area (Å²) in [6, 6.07) is 15.3. The topological polar surface area (TPSA) is 97.8 Å². The van der Waals surface area contributed by atoms with Gasteiger partial charge in [0.05, 0.1) is 35.1 Å². The molecule has 1 unspecified atom stereocenters. The summed E-state index contributed by atoms with van der Waals surface area (Å²) >= 11 is 13.8. The molecule has 0 fully saturated rings. The number of halogens is 2. The number of fused-ring (bicyclic) bond motifs is 4. The van der Waals surface area contributed by atoms with Crippen molar-refractivity contribution in [2.45, 2.75) is 59.0 Å². The molecule has 12 heteroatoms. The molecule has 1 aliphatic heterocycles. The summed E-state index contributed by atoms with van der Waals surface area (Å²) in [5.74, 6) is -0.751. The van der Waals surface area contributed by atoms with Crippen LogP contribution in [0.1, 0.15) is 68.4 Å². The van der Waals surface area contributed by atoms with Gasteiger partial charge in [-0.2, -0.15) is 5.10 Å². The van der Waals surface area contributed by atoms with Gasteiger partial charge in [-0.3, -0.25) is 14.4 Å². The largest absolute Gasteiger partial charge is 0.494 e. The van der Waals surface area contributed by atoms with Gasteiger partial charge < -0.3 is 23.9 Å². The summed E-state index contributed by atoms with van der Waals surface area (Å²) in [7, 11) is 7.49. The first-order valence-electron chi connectivity index (χ1n) is 17.7. The number of carbonyl (C=O) groups excluding carboxylic acids is 1. The number of aromatic nitrogens is 4. The summed E-state index contributed by atoms with van der Waals surface area (Å²) in [5, 5.41) is 17.6. The molecule has 0 spiro atoms. The Morgan fingerprint density at radius 2 is 1.72 bits per heavy atom. The highest BCUT2D eigenvalue weighted by molar-refractivity contribution is 6.32. The average molecular weight is 756 g/mol. The van der Waals surface area contributed by atoms with E-state index in [1.165, 1.54) is 4.90 Å². The van der Waals surface area contributed by atoms with Crippen molar-refractivity contribution >= 4 is 68.3 Å². The number of para-hydroxylation sites is 1. The van der Waals surface area contributed by atoms with Crippen LogP contribution in [0.4, 0.5) is 11.4 Å². The average Bonchev–Trinajstić information content (AvgIpc) is 3.69. The Labute approximate surface area is 319 Å².